The summed E-state index contributed by atoms with van der Waals surface area (Å²) in [5, 5.41) is 2.81. The first-order chi connectivity index (χ1) is 13.1. The Morgan fingerprint density at radius 3 is 2.63 bits per heavy atom. The Morgan fingerprint density at radius 1 is 1.15 bits per heavy atom. The average molecular weight is 368 g/mol. The van der Waals surface area contributed by atoms with Crippen LogP contribution in [0, 0.1) is 0 Å². The van der Waals surface area contributed by atoms with E-state index in [2.05, 4.69) is 27.1 Å². The summed E-state index contributed by atoms with van der Waals surface area (Å²) in [5.41, 5.74) is 1.26. The lowest BCUT2D eigenvalue weighted by atomic mass is 10.1. The number of ether oxygens (including phenoxy) is 1. The number of aromatic nitrogens is 1. The lowest BCUT2D eigenvalue weighted by molar-refractivity contribution is 0.0527. The molecule has 1 saturated heterocycles. The first-order valence-corrected chi connectivity index (χ1v) is 9.05. The predicted octanol–water partition coefficient (Wildman–Crippen LogP) is 2.26. The van der Waals surface area contributed by atoms with Gasteiger partial charge >= 0.3 is 5.97 Å². The molecule has 1 amide bonds. The Kier molecular flexibility index (Phi) is 6.03. The van der Waals surface area contributed by atoms with Crippen molar-refractivity contribution in [1.82, 2.24) is 9.88 Å². The van der Waals surface area contributed by atoms with Gasteiger partial charge in [0, 0.05) is 37.9 Å². The van der Waals surface area contributed by atoms with Crippen molar-refractivity contribution in [1.29, 1.82) is 0 Å². The van der Waals surface area contributed by atoms with Crippen LogP contribution >= 0.6 is 0 Å². The van der Waals surface area contributed by atoms with E-state index in [1.165, 1.54) is 0 Å². The quantitative estimate of drug-likeness (QED) is 0.816. The molecule has 1 fully saturated rings. The van der Waals surface area contributed by atoms with Gasteiger partial charge in [-0.15, -0.1) is 0 Å². The van der Waals surface area contributed by atoms with Gasteiger partial charge in [-0.25, -0.2) is 9.78 Å². The van der Waals surface area contributed by atoms with Crippen LogP contribution in [0.2, 0.25) is 0 Å². The van der Waals surface area contributed by atoms with Crippen molar-refractivity contribution in [2.24, 2.45) is 0 Å². The van der Waals surface area contributed by atoms with E-state index < -0.39 is 5.97 Å². The van der Waals surface area contributed by atoms with Crippen molar-refractivity contribution in [2.75, 3.05) is 50.1 Å². The van der Waals surface area contributed by atoms with E-state index in [0.717, 1.165) is 32.0 Å². The Balaban J connectivity index is 1.76. The summed E-state index contributed by atoms with van der Waals surface area (Å²) in [4.78, 5) is 33.6. The van der Waals surface area contributed by atoms with E-state index in [9.17, 15) is 9.59 Å². The van der Waals surface area contributed by atoms with Gasteiger partial charge < -0.3 is 19.9 Å². The molecule has 0 unspecified atom stereocenters. The summed E-state index contributed by atoms with van der Waals surface area (Å²) in [6.45, 7) is 5.70. The molecule has 7 heteroatoms. The fraction of sp³-hybridized carbons (Fsp3) is 0.350. The van der Waals surface area contributed by atoms with Crippen molar-refractivity contribution < 1.29 is 14.3 Å². The second kappa shape index (κ2) is 8.64. The second-order valence-electron chi connectivity index (χ2n) is 6.41. The SMILES string of the molecule is CCOC(=O)c1ccccc1NC(=O)c1ccnc(N2CCN(C)CC2)c1. The van der Waals surface area contributed by atoms with E-state index in [4.69, 9.17) is 4.74 Å². The number of nitrogens with one attached hydrogen (secondary N) is 1. The summed E-state index contributed by atoms with van der Waals surface area (Å²) < 4.78 is 5.05. The molecular weight excluding hydrogens is 344 g/mol. The predicted molar refractivity (Wildman–Crippen MR) is 104 cm³/mol. The van der Waals surface area contributed by atoms with Crippen molar-refractivity contribution >= 4 is 23.4 Å². The number of amides is 1. The monoisotopic (exact) mass is 368 g/mol. The lowest BCUT2D eigenvalue weighted by Gasteiger charge is -2.33. The van der Waals surface area contributed by atoms with Crippen LogP contribution in [-0.2, 0) is 4.74 Å². The number of esters is 1. The number of para-hydroxylation sites is 1. The number of carbonyl (C=O) groups excluding carboxylic acids is 2. The zero-order chi connectivity index (χ0) is 19.2. The second-order valence-corrected chi connectivity index (χ2v) is 6.41. The molecule has 0 atom stereocenters. The third-order valence-electron chi connectivity index (χ3n) is 4.51. The zero-order valence-electron chi connectivity index (χ0n) is 15.6. The van der Waals surface area contributed by atoms with Gasteiger partial charge in [-0.1, -0.05) is 12.1 Å². The number of hydrogen-bond acceptors (Lipinski definition) is 6. The van der Waals surface area contributed by atoms with Gasteiger partial charge in [0.05, 0.1) is 17.9 Å². The third-order valence-corrected chi connectivity index (χ3v) is 4.51. The molecule has 2 heterocycles. The van der Waals surface area contributed by atoms with E-state index in [1.54, 1.807) is 49.5 Å². The maximum Gasteiger partial charge on any atom is 0.340 e. The first kappa shape index (κ1) is 18.8. The molecule has 3 rings (SSSR count). The highest BCUT2D eigenvalue weighted by Gasteiger charge is 2.18. The summed E-state index contributed by atoms with van der Waals surface area (Å²) in [5.74, 6) is 0.0419. The van der Waals surface area contributed by atoms with E-state index in [0.29, 0.717) is 16.8 Å². The number of carbonyl (C=O) groups is 2. The van der Waals surface area contributed by atoms with Crippen LogP contribution in [0.3, 0.4) is 0 Å². The minimum absolute atomic E-state index is 0.278. The largest absolute Gasteiger partial charge is 0.462 e. The van der Waals surface area contributed by atoms with Gasteiger partial charge in [0.25, 0.3) is 5.91 Å². The van der Waals surface area contributed by atoms with E-state index >= 15 is 0 Å². The molecular formula is C20H24N4O3. The number of rotatable bonds is 5. The molecule has 142 valence electrons. The summed E-state index contributed by atoms with van der Waals surface area (Å²) in [7, 11) is 2.09. The highest BCUT2D eigenvalue weighted by atomic mass is 16.5. The first-order valence-electron chi connectivity index (χ1n) is 9.05. The molecule has 1 aromatic heterocycles. The lowest BCUT2D eigenvalue weighted by Crippen LogP contribution is -2.44. The Labute approximate surface area is 158 Å². The Bertz CT molecular complexity index is 816. The molecule has 27 heavy (non-hydrogen) atoms. The molecule has 1 N–H and O–H groups in total. The molecule has 0 aliphatic carbocycles. The Hall–Kier alpha value is -2.93. The average Bonchev–Trinajstić information content (AvgIpc) is 2.69. The highest BCUT2D eigenvalue weighted by Crippen LogP contribution is 2.19. The minimum Gasteiger partial charge on any atom is -0.462 e. The van der Waals surface area contributed by atoms with Gasteiger partial charge in [0.1, 0.15) is 5.82 Å². The van der Waals surface area contributed by atoms with E-state index in [-0.39, 0.29) is 12.5 Å². The fourth-order valence-electron chi connectivity index (χ4n) is 2.94. The van der Waals surface area contributed by atoms with Crippen molar-refractivity contribution in [3.8, 4) is 0 Å². The maximum atomic E-state index is 12.7. The van der Waals surface area contributed by atoms with E-state index in [1.807, 2.05) is 0 Å². The number of hydrogen-bond donors (Lipinski definition) is 1. The summed E-state index contributed by atoms with van der Waals surface area (Å²) in [6.07, 6.45) is 1.64. The molecule has 0 spiro atoms. The van der Waals surface area contributed by atoms with Crippen LogP contribution < -0.4 is 10.2 Å². The van der Waals surface area contributed by atoms with Crippen molar-refractivity contribution in [2.45, 2.75) is 6.92 Å². The molecule has 1 aliphatic rings. The summed E-state index contributed by atoms with van der Waals surface area (Å²) >= 11 is 0. The molecule has 1 aliphatic heterocycles. The summed E-state index contributed by atoms with van der Waals surface area (Å²) in [6, 6.07) is 10.3. The number of nitrogens with zero attached hydrogens (tertiary/aromatic N) is 3. The molecule has 2 aromatic rings. The number of pyridine rings is 1. The fourth-order valence-corrected chi connectivity index (χ4v) is 2.94. The number of anilines is 2. The molecule has 0 bridgehead atoms. The number of piperazine rings is 1. The van der Waals surface area contributed by atoms with Crippen LogP contribution in [0.25, 0.3) is 0 Å². The van der Waals surface area contributed by atoms with Gasteiger partial charge in [-0.2, -0.15) is 0 Å². The Morgan fingerprint density at radius 2 is 1.89 bits per heavy atom. The molecule has 0 saturated carbocycles. The van der Waals surface area contributed by atoms with Crippen LogP contribution in [0.15, 0.2) is 42.6 Å². The van der Waals surface area contributed by atoms with Crippen molar-refractivity contribution in [3.05, 3.63) is 53.7 Å². The van der Waals surface area contributed by atoms with Crippen LogP contribution in [0.5, 0.6) is 0 Å². The number of benzene rings is 1. The maximum absolute atomic E-state index is 12.7. The standard InChI is InChI=1S/C20H24N4O3/c1-3-27-20(26)16-6-4-5-7-17(16)22-19(25)15-8-9-21-18(14-15)24-12-10-23(2)11-13-24/h4-9,14H,3,10-13H2,1-2H3,(H,22,25). The smallest absolute Gasteiger partial charge is 0.340 e. The topological polar surface area (TPSA) is 74.8 Å². The van der Waals surface area contributed by atoms with Crippen LogP contribution in [0.4, 0.5) is 11.5 Å². The number of likely N-dealkylation sites (N-methyl/N-ethyl adjacent to an activating group) is 1. The zero-order valence-corrected chi connectivity index (χ0v) is 15.6. The molecule has 7 nitrogen and oxygen atoms in total. The van der Waals surface area contributed by atoms with Crippen LogP contribution in [0.1, 0.15) is 27.6 Å². The van der Waals surface area contributed by atoms with Crippen molar-refractivity contribution in [3.63, 3.8) is 0 Å². The molecule has 0 radical (unpaired) electrons. The van der Waals surface area contributed by atoms with Crippen LogP contribution in [-0.4, -0.2) is 61.6 Å². The third kappa shape index (κ3) is 4.62. The van der Waals surface area contributed by atoms with Gasteiger partial charge in [-0.05, 0) is 38.2 Å². The van der Waals surface area contributed by atoms with Gasteiger partial charge in [0.2, 0.25) is 0 Å². The minimum atomic E-state index is -0.457. The molecule has 1 aromatic carbocycles. The van der Waals surface area contributed by atoms with Gasteiger partial charge in [-0.3, -0.25) is 4.79 Å². The van der Waals surface area contributed by atoms with Gasteiger partial charge in [0.15, 0.2) is 0 Å². The normalized spacial score (nSPS) is 14.7. The highest BCUT2D eigenvalue weighted by molar-refractivity contribution is 6.08.